The Morgan fingerprint density at radius 3 is 1.89 bits per heavy atom. The molecule has 0 N–H and O–H groups in total. The third-order valence-electron chi connectivity index (χ3n) is 6.41. The minimum atomic E-state index is -4.63. The third kappa shape index (κ3) is 9.12. The summed E-state index contributed by atoms with van der Waals surface area (Å²) in [5.41, 5.74) is -1.82. The van der Waals surface area contributed by atoms with E-state index in [1.165, 1.54) is 12.1 Å². The number of alkyl halides is 3. The number of carbonyl (C=O) groups excluding carboxylic acids is 1. The van der Waals surface area contributed by atoms with Gasteiger partial charge in [-0.3, -0.25) is 4.79 Å². The van der Waals surface area contributed by atoms with Crippen LogP contribution >= 0.6 is 0 Å². The van der Waals surface area contributed by atoms with Gasteiger partial charge < -0.3 is 14.2 Å². The zero-order chi connectivity index (χ0) is 26.3. The molecule has 1 aromatic rings. The third-order valence-corrected chi connectivity index (χ3v) is 6.41. The summed E-state index contributed by atoms with van der Waals surface area (Å²) in [5.74, 6) is -0.568. The zero-order valence-corrected chi connectivity index (χ0v) is 22.4. The fourth-order valence-corrected chi connectivity index (χ4v) is 4.92. The Morgan fingerprint density at radius 1 is 0.914 bits per heavy atom. The molecule has 1 amide bonds. The average Bonchev–Trinajstić information content (AvgIpc) is 2.74. The summed E-state index contributed by atoms with van der Waals surface area (Å²) in [5, 5.41) is 0. The van der Waals surface area contributed by atoms with Crippen molar-refractivity contribution in [3.05, 3.63) is 29.3 Å². The Morgan fingerprint density at radius 2 is 1.43 bits per heavy atom. The van der Waals surface area contributed by atoms with Crippen LogP contribution in [0.2, 0.25) is 0 Å². The van der Waals surface area contributed by atoms with Crippen LogP contribution in [0, 0.1) is 0 Å². The van der Waals surface area contributed by atoms with Crippen LogP contribution in [0.4, 0.5) is 13.2 Å². The highest BCUT2D eigenvalue weighted by Crippen LogP contribution is 2.35. The molecule has 0 saturated carbocycles. The summed E-state index contributed by atoms with van der Waals surface area (Å²) in [6.07, 6.45) is 3.68. The van der Waals surface area contributed by atoms with E-state index in [-0.39, 0.29) is 5.56 Å². The molecule has 1 aromatic carbocycles. The lowest BCUT2D eigenvalue weighted by Gasteiger charge is -2.44. The summed E-state index contributed by atoms with van der Waals surface area (Å²) in [7, 11) is -0.842. The quantitative estimate of drug-likeness (QED) is 0.231. The van der Waals surface area contributed by atoms with Crippen molar-refractivity contribution in [1.82, 2.24) is 4.90 Å². The molecule has 1 aliphatic rings. The van der Waals surface area contributed by atoms with Gasteiger partial charge in [0.15, 0.2) is 0 Å². The van der Waals surface area contributed by atoms with Crippen molar-refractivity contribution >= 4 is 18.5 Å². The van der Waals surface area contributed by atoms with E-state index in [1.807, 2.05) is 27.7 Å². The monoisotopic (exact) mass is 497 g/mol. The number of carbonyl (C=O) groups is 1. The summed E-state index contributed by atoms with van der Waals surface area (Å²) < 4.78 is 54.0. The largest absolute Gasteiger partial charge is 0.494 e. The number of rotatable bonds is 12. The van der Waals surface area contributed by atoms with Gasteiger partial charge in [0, 0.05) is 19.5 Å². The molecular weight excluding hydrogens is 454 g/mol. The predicted octanol–water partition coefficient (Wildman–Crippen LogP) is 7.00. The van der Waals surface area contributed by atoms with Crippen molar-refractivity contribution in [3.8, 4) is 0 Å². The molecule has 0 aromatic heterocycles. The van der Waals surface area contributed by atoms with Gasteiger partial charge in [0.05, 0.1) is 22.3 Å². The van der Waals surface area contributed by atoms with Gasteiger partial charge in [-0.25, -0.2) is 0 Å². The zero-order valence-electron chi connectivity index (χ0n) is 22.4. The molecule has 1 aliphatic heterocycles. The van der Waals surface area contributed by atoms with Crippen LogP contribution in [0.15, 0.2) is 18.2 Å². The van der Waals surface area contributed by atoms with Crippen LogP contribution in [0.3, 0.4) is 0 Å². The lowest BCUT2D eigenvalue weighted by atomic mass is 9.72. The van der Waals surface area contributed by atoms with E-state index in [9.17, 15) is 18.0 Å². The van der Waals surface area contributed by atoms with E-state index >= 15 is 0 Å². The molecule has 0 aliphatic carbocycles. The maximum atomic E-state index is 14.0. The normalized spacial score (nSPS) is 17.5. The van der Waals surface area contributed by atoms with Crippen molar-refractivity contribution in [2.24, 2.45) is 0 Å². The maximum Gasteiger partial charge on any atom is 0.494 e. The van der Waals surface area contributed by atoms with Crippen LogP contribution in [0.25, 0.3) is 0 Å². The van der Waals surface area contributed by atoms with E-state index in [0.717, 1.165) is 57.4 Å². The highest BCUT2D eigenvalue weighted by Gasteiger charge is 2.45. The second kappa shape index (κ2) is 12.6. The van der Waals surface area contributed by atoms with E-state index in [2.05, 4.69) is 13.8 Å². The van der Waals surface area contributed by atoms with Gasteiger partial charge in [-0.1, -0.05) is 58.4 Å². The number of nitrogens with zero attached hydrogens (tertiary/aromatic N) is 1. The number of hydrogen-bond acceptors (Lipinski definition) is 3. The van der Waals surface area contributed by atoms with Gasteiger partial charge in [0.1, 0.15) is 0 Å². The highest BCUT2D eigenvalue weighted by molar-refractivity contribution is 6.61. The fourth-order valence-electron chi connectivity index (χ4n) is 4.92. The van der Waals surface area contributed by atoms with Crippen LogP contribution in [0.1, 0.15) is 115 Å². The minimum absolute atomic E-state index is 0.325. The number of hydrogen-bond donors (Lipinski definition) is 0. The van der Waals surface area contributed by atoms with Gasteiger partial charge in [-0.05, 0) is 58.1 Å². The van der Waals surface area contributed by atoms with Crippen molar-refractivity contribution in [2.75, 3.05) is 13.1 Å². The smallest absolute Gasteiger partial charge is 0.402 e. The van der Waals surface area contributed by atoms with Gasteiger partial charge in [0.25, 0.3) is 5.91 Å². The van der Waals surface area contributed by atoms with E-state index < -0.39 is 36.0 Å². The SMILES string of the molecule is CCCCCCN(CCCCCC)C(=O)c1cc(B2OC(C)(C)CC(C)(C)O2)ccc1C(F)(F)F. The molecule has 2 rings (SSSR count). The summed E-state index contributed by atoms with van der Waals surface area (Å²) >= 11 is 0. The average molecular weight is 497 g/mol. The molecular formula is C27H43BF3NO3. The number of unbranched alkanes of at least 4 members (excludes halogenated alkanes) is 6. The van der Waals surface area contributed by atoms with Gasteiger partial charge in [0.2, 0.25) is 0 Å². The van der Waals surface area contributed by atoms with Crippen molar-refractivity contribution in [1.29, 1.82) is 0 Å². The Balaban J connectivity index is 2.39. The molecule has 1 fully saturated rings. The maximum absolute atomic E-state index is 14.0. The first-order valence-electron chi connectivity index (χ1n) is 13.2. The summed E-state index contributed by atoms with van der Waals surface area (Å²) in [6, 6.07) is 3.70. The fraction of sp³-hybridized carbons (Fsp3) is 0.741. The highest BCUT2D eigenvalue weighted by atomic mass is 19.4. The molecule has 35 heavy (non-hydrogen) atoms. The Kier molecular flexibility index (Phi) is 10.7. The van der Waals surface area contributed by atoms with Gasteiger partial charge in [-0.15, -0.1) is 0 Å². The van der Waals surface area contributed by atoms with Crippen molar-refractivity contribution < 1.29 is 27.3 Å². The minimum Gasteiger partial charge on any atom is -0.402 e. The second-order valence-corrected chi connectivity index (χ2v) is 11.0. The Labute approximate surface area is 210 Å². The molecule has 1 heterocycles. The molecule has 0 radical (unpaired) electrons. The molecule has 0 unspecified atom stereocenters. The predicted molar refractivity (Wildman–Crippen MR) is 136 cm³/mol. The van der Waals surface area contributed by atoms with E-state index in [0.29, 0.717) is 25.0 Å². The first-order chi connectivity index (χ1) is 16.3. The van der Waals surface area contributed by atoms with Crippen molar-refractivity contribution in [2.45, 2.75) is 117 Å². The standard InChI is InChI=1S/C27H43BF3NO3/c1-7-9-11-13-17-32(18-14-12-10-8-2)24(33)22-19-21(15-16-23(22)27(29,30)31)28-34-25(3,4)20-26(5,6)35-28/h15-16,19H,7-14,17-18,20H2,1-6H3. The molecule has 198 valence electrons. The first-order valence-corrected chi connectivity index (χ1v) is 13.2. The molecule has 0 spiro atoms. The number of benzene rings is 1. The molecule has 4 nitrogen and oxygen atoms in total. The van der Waals surface area contributed by atoms with E-state index in [1.54, 1.807) is 4.90 Å². The van der Waals surface area contributed by atoms with Gasteiger partial charge >= 0.3 is 13.3 Å². The summed E-state index contributed by atoms with van der Waals surface area (Å²) in [6.45, 7) is 12.9. The van der Waals surface area contributed by atoms with Crippen LogP contribution in [-0.2, 0) is 15.5 Å². The van der Waals surface area contributed by atoms with Gasteiger partial charge in [-0.2, -0.15) is 13.2 Å². The topological polar surface area (TPSA) is 38.8 Å². The molecule has 0 atom stereocenters. The number of halogens is 3. The second-order valence-electron chi connectivity index (χ2n) is 11.0. The van der Waals surface area contributed by atoms with Crippen LogP contribution in [-0.4, -0.2) is 42.2 Å². The van der Waals surface area contributed by atoms with Crippen molar-refractivity contribution in [3.63, 3.8) is 0 Å². The summed E-state index contributed by atoms with van der Waals surface area (Å²) in [4.78, 5) is 15.2. The lowest BCUT2D eigenvalue weighted by Crippen LogP contribution is -2.56. The van der Waals surface area contributed by atoms with Crippen LogP contribution < -0.4 is 5.46 Å². The molecule has 8 heteroatoms. The number of amides is 1. The van der Waals surface area contributed by atoms with Crippen LogP contribution in [0.5, 0.6) is 0 Å². The lowest BCUT2D eigenvalue weighted by molar-refractivity contribution is -0.138. The first kappa shape index (κ1) is 29.7. The molecule has 0 bridgehead atoms. The Bertz CT molecular complexity index is 798. The Hall–Kier alpha value is -1.54. The molecule has 1 saturated heterocycles. The van der Waals surface area contributed by atoms with E-state index in [4.69, 9.17) is 9.31 Å².